The normalized spacial score (nSPS) is 11.7. The quantitative estimate of drug-likeness (QED) is 0.898. The number of carbonyl (C=O) groups is 1. The highest BCUT2D eigenvalue weighted by Crippen LogP contribution is 2.26. The van der Waals surface area contributed by atoms with Gasteiger partial charge in [-0.05, 0) is 37.8 Å². The summed E-state index contributed by atoms with van der Waals surface area (Å²) in [6, 6.07) is 3.54. The highest BCUT2D eigenvalue weighted by atomic mass is 35.5. The average molecular weight is 300 g/mol. The van der Waals surface area contributed by atoms with E-state index in [9.17, 15) is 4.79 Å². The van der Waals surface area contributed by atoms with Crippen LogP contribution in [0.2, 0.25) is 0 Å². The molecule has 0 aromatic carbocycles. The van der Waals surface area contributed by atoms with Crippen molar-refractivity contribution < 1.29 is 4.79 Å². The lowest BCUT2D eigenvalue weighted by Gasteiger charge is -2.33. The van der Waals surface area contributed by atoms with E-state index in [2.05, 4.69) is 31.1 Å². The van der Waals surface area contributed by atoms with Gasteiger partial charge in [-0.25, -0.2) is 0 Å². The van der Waals surface area contributed by atoms with Crippen LogP contribution < -0.4 is 11.1 Å². The number of nitrogens with two attached hydrogens (primary N) is 1. The van der Waals surface area contributed by atoms with Crippen LogP contribution in [0.5, 0.6) is 0 Å². The maximum atomic E-state index is 12.0. The van der Waals surface area contributed by atoms with Crippen LogP contribution in [-0.2, 0) is 11.2 Å². The summed E-state index contributed by atoms with van der Waals surface area (Å²) in [6.07, 6.45) is 2.78. The molecular formula is C15H26ClN3O. The van der Waals surface area contributed by atoms with Crippen LogP contribution in [0.1, 0.15) is 46.7 Å². The van der Waals surface area contributed by atoms with Gasteiger partial charge >= 0.3 is 0 Å². The van der Waals surface area contributed by atoms with Gasteiger partial charge in [0, 0.05) is 11.2 Å². The van der Waals surface area contributed by atoms with Gasteiger partial charge < -0.3 is 11.1 Å². The lowest BCUT2D eigenvalue weighted by atomic mass is 9.82. The second-order valence-corrected chi connectivity index (χ2v) is 6.93. The fraction of sp³-hybridized carbons (Fsp3) is 0.600. The molecule has 5 heteroatoms. The molecule has 114 valence electrons. The van der Waals surface area contributed by atoms with E-state index in [0.717, 1.165) is 12.1 Å². The van der Waals surface area contributed by atoms with E-state index in [1.54, 1.807) is 18.3 Å². The zero-order valence-corrected chi connectivity index (χ0v) is 13.8. The molecule has 1 heterocycles. The van der Waals surface area contributed by atoms with Crippen molar-refractivity contribution >= 4 is 24.0 Å². The van der Waals surface area contributed by atoms with E-state index >= 15 is 0 Å². The number of aromatic nitrogens is 1. The highest BCUT2D eigenvalue weighted by Gasteiger charge is 2.26. The third kappa shape index (κ3) is 7.34. The minimum Gasteiger partial charge on any atom is -0.397 e. The summed E-state index contributed by atoms with van der Waals surface area (Å²) in [5.41, 5.74) is 6.87. The van der Waals surface area contributed by atoms with Crippen LogP contribution in [-0.4, -0.2) is 16.4 Å². The van der Waals surface area contributed by atoms with Gasteiger partial charge in [0.15, 0.2) is 0 Å². The molecule has 0 aliphatic heterocycles. The zero-order valence-electron chi connectivity index (χ0n) is 13.0. The van der Waals surface area contributed by atoms with Gasteiger partial charge in [-0.3, -0.25) is 9.78 Å². The Morgan fingerprint density at radius 2 is 1.85 bits per heavy atom. The summed E-state index contributed by atoms with van der Waals surface area (Å²) in [7, 11) is 0. The molecule has 0 saturated heterocycles. The van der Waals surface area contributed by atoms with Crippen LogP contribution in [0.3, 0.4) is 0 Å². The van der Waals surface area contributed by atoms with Crippen LogP contribution in [0.25, 0.3) is 0 Å². The van der Waals surface area contributed by atoms with E-state index in [1.165, 1.54) is 0 Å². The lowest BCUT2D eigenvalue weighted by Crippen LogP contribution is -2.46. The monoisotopic (exact) mass is 299 g/mol. The van der Waals surface area contributed by atoms with Crippen LogP contribution in [0, 0.1) is 5.41 Å². The molecular weight excluding hydrogens is 274 g/mol. The first-order chi connectivity index (χ1) is 8.57. The number of halogens is 1. The SMILES string of the molecule is CC(C)(C)CC(C)(C)NC(=O)Cc1ccc(N)cn1.Cl. The second-order valence-electron chi connectivity index (χ2n) is 6.93. The Kier molecular flexibility index (Phi) is 6.48. The Bertz CT molecular complexity index is 435. The van der Waals surface area contributed by atoms with E-state index in [1.807, 2.05) is 13.8 Å². The van der Waals surface area contributed by atoms with Crippen LogP contribution in [0.4, 0.5) is 5.69 Å². The van der Waals surface area contributed by atoms with Crippen molar-refractivity contribution in [3.63, 3.8) is 0 Å². The Morgan fingerprint density at radius 1 is 1.25 bits per heavy atom. The van der Waals surface area contributed by atoms with Crippen molar-refractivity contribution in [3.8, 4) is 0 Å². The van der Waals surface area contributed by atoms with E-state index in [-0.39, 0.29) is 35.7 Å². The predicted octanol–water partition coefficient (Wildman–Crippen LogP) is 2.96. The smallest absolute Gasteiger partial charge is 0.226 e. The Hall–Kier alpha value is -1.29. The van der Waals surface area contributed by atoms with Gasteiger partial charge in [-0.15, -0.1) is 12.4 Å². The first-order valence-corrected chi connectivity index (χ1v) is 6.59. The fourth-order valence-electron chi connectivity index (χ4n) is 2.50. The number of nitrogens with zero attached hydrogens (tertiary/aromatic N) is 1. The number of amides is 1. The van der Waals surface area contributed by atoms with E-state index < -0.39 is 0 Å². The molecule has 0 unspecified atom stereocenters. The topological polar surface area (TPSA) is 68.0 Å². The molecule has 3 N–H and O–H groups in total. The summed E-state index contributed by atoms with van der Waals surface area (Å²) >= 11 is 0. The number of hydrogen-bond donors (Lipinski definition) is 2. The number of hydrogen-bond acceptors (Lipinski definition) is 3. The van der Waals surface area contributed by atoms with Crippen molar-refractivity contribution in [2.75, 3.05) is 5.73 Å². The number of nitrogen functional groups attached to an aromatic ring is 1. The van der Waals surface area contributed by atoms with Gasteiger partial charge in [0.25, 0.3) is 0 Å². The standard InChI is InChI=1S/C15H25N3O.ClH/c1-14(2,3)10-15(4,5)18-13(19)8-12-7-6-11(16)9-17-12;/h6-7,9H,8,10,16H2,1-5H3,(H,18,19);1H. The summed E-state index contributed by atoms with van der Waals surface area (Å²) in [5, 5.41) is 3.07. The molecule has 1 rings (SSSR count). The largest absolute Gasteiger partial charge is 0.397 e. The maximum Gasteiger partial charge on any atom is 0.226 e. The Labute approximate surface area is 128 Å². The van der Waals surface area contributed by atoms with Crippen molar-refractivity contribution in [1.82, 2.24) is 10.3 Å². The molecule has 0 radical (unpaired) electrons. The van der Waals surface area contributed by atoms with Gasteiger partial charge in [-0.1, -0.05) is 20.8 Å². The molecule has 0 saturated carbocycles. The minimum absolute atomic E-state index is 0. The summed E-state index contributed by atoms with van der Waals surface area (Å²) in [4.78, 5) is 16.2. The number of rotatable bonds is 4. The average Bonchev–Trinajstić information content (AvgIpc) is 2.16. The van der Waals surface area contributed by atoms with Gasteiger partial charge in [0.2, 0.25) is 5.91 Å². The number of nitrogens with one attached hydrogen (secondary N) is 1. The molecule has 0 atom stereocenters. The van der Waals surface area contributed by atoms with Gasteiger partial charge in [0.1, 0.15) is 0 Å². The third-order valence-electron chi connectivity index (χ3n) is 2.64. The lowest BCUT2D eigenvalue weighted by molar-refractivity contribution is -0.122. The summed E-state index contributed by atoms with van der Waals surface area (Å²) < 4.78 is 0. The van der Waals surface area contributed by atoms with Crippen molar-refractivity contribution in [3.05, 3.63) is 24.0 Å². The summed E-state index contributed by atoms with van der Waals surface area (Å²) in [5.74, 6) is -0.00785. The van der Waals surface area contributed by atoms with Crippen molar-refractivity contribution in [2.24, 2.45) is 5.41 Å². The minimum atomic E-state index is -0.219. The molecule has 0 spiro atoms. The molecule has 0 aliphatic carbocycles. The number of pyridine rings is 1. The fourth-order valence-corrected chi connectivity index (χ4v) is 2.50. The molecule has 1 aromatic rings. The van der Waals surface area contributed by atoms with E-state index in [0.29, 0.717) is 5.69 Å². The Morgan fingerprint density at radius 3 is 2.30 bits per heavy atom. The molecule has 0 bridgehead atoms. The first kappa shape index (κ1) is 18.7. The molecule has 20 heavy (non-hydrogen) atoms. The highest BCUT2D eigenvalue weighted by molar-refractivity contribution is 5.85. The predicted molar refractivity (Wildman–Crippen MR) is 85.9 cm³/mol. The summed E-state index contributed by atoms with van der Waals surface area (Å²) in [6.45, 7) is 10.6. The van der Waals surface area contributed by atoms with E-state index in [4.69, 9.17) is 5.73 Å². The maximum absolute atomic E-state index is 12.0. The zero-order chi connectivity index (χ0) is 14.7. The molecule has 0 fully saturated rings. The van der Waals surface area contributed by atoms with Crippen LogP contribution >= 0.6 is 12.4 Å². The molecule has 1 amide bonds. The van der Waals surface area contributed by atoms with Crippen LogP contribution in [0.15, 0.2) is 18.3 Å². The van der Waals surface area contributed by atoms with Gasteiger partial charge in [0.05, 0.1) is 18.3 Å². The second kappa shape index (κ2) is 6.93. The Balaban J connectivity index is 0.00000361. The van der Waals surface area contributed by atoms with Crippen molar-refractivity contribution in [2.45, 2.75) is 53.0 Å². The number of carbonyl (C=O) groups excluding carboxylic acids is 1. The number of anilines is 1. The first-order valence-electron chi connectivity index (χ1n) is 6.59. The third-order valence-corrected chi connectivity index (χ3v) is 2.64. The van der Waals surface area contributed by atoms with Crippen molar-refractivity contribution in [1.29, 1.82) is 0 Å². The molecule has 4 nitrogen and oxygen atoms in total. The van der Waals surface area contributed by atoms with Gasteiger partial charge in [-0.2, -0.15) is 0 Å². The molecule has 0 aliphatic rings. The molecule has 1 aromatic heterocycles.